The third-order valence-electron chi connectivity index (χ3n) is 3.41. The summed E-state index contributed by atoms with van der Waals surface area (Å²) >= 11 is 0. The highest BCUT2D eigenvalue weighted by Gasteiger charge is 2.11. The fourth-order valence-electron chi connectivity index (χ4n) is 2.24. The molecule has 2 aromatic carbocycles. The highest BCUT2D eigenvalue weighted by Crippen LogP contribution is 2.32. The van der Waals surface area contributed by atoms with Crippen LogP contribution in [0.3, 0.4) is 0 Å². The van der Waals surface area contributed by atoms with E-state index >= 15 is 0 Å². The first-order valence-corrected chi connectivity index (χ1v) is 6.92. The van der Waals surface area contributed by atoms with Crippen molar-refractivity contribution in [2.45, 2.75) is 19.4 Å². The van der Waals surface area contributed by atoms with Crippen LogP contribution in [-0.4, -0.2) is 14.2 Å². The maximum atomic E-state index is 13.0. The van der Waals surface area contributed by atoms with Crippen molar-refractivity contribution >= 4 is 5.69 Å². The van der Waals surface area contributed by atoms with E-state index in [1.54, 1.807) is 26.4 Å². The van der Waals surface area contributed by atoms with Gasteiger partial charge >= 0.3 is 0 Å². The fraction of sp³-hybridized carbons (Fsp3) is 0.294. The van der Waals surface area contributed by atoms with Crippen LogP contribution in [0.25, 0.3) is 0 Å². The molecule has 0 aliphatic rings. The van der Waals surface area contributed by atoms with Gasteiger partial charge in [-0.05, 0) is 36.2 Å². The molecule has 0 saturated carbocycles. The quantitative estimate of drug-likeness (QED) is 0.854. The third-order valence-corrected chi connectivity index (χ3v) is 3.41. The predicted molar refractivity (Wildman–Crippen MR) is 82.6 cm³/mol. The van der Waals surface area contributed by atoms with Crippen LogP contribution in [-0.2, 0) is 0 Å². The Morgan fingerprint density at radius 2 is 1.67 bits per heavy atom. The van der Waals surface area contributed by atoms with Crippen LogP contribution in [0.4, 0.5) is 10.1 Å². The summed E-state index contributed by atoms with van der Waals surface area (Å²) in [7, 11) is 3.22. The van der Waals surface area contributed by atoms with Gasteiger partial charge in [-0.25, -0.2) is 4.39 Å². The van der Waals surface area contributed by atoms with E-state index in [-0.39, 0.29) is 11.9 Å². The molecule has 0 aliphatic carbocycles. The number of ether oxygens (including phenoxy) is 2. The largest absolute Gasteiger partial charge is 0.493 e. The van der Waals surface area contributed by atoms with E-state index < -0.39 is 0 Å². The van der Waals surface area contributed by atoms with Gasteiger partial charge in [-0.2, -0.15) is 0 Å². The molecule has 1 N–H and O–H groups in total. The molecule has 0 amide bonds. The second kappa shape index (κ2) is 6.97. The molecule has 4 heteroatoms. The van der Waals surface area contributed by atoms with Crippen molar-refractivity contribution in [3.8, 4) is 11.5 Å². The molecular weight excluding hydrogens is 269 g/mol. The number of hydrogen-bond acceptors (Lipinski definition) is 3. The lowest BCUT2D eigenvalue weighted by atomic mass is 10.0. The van der Waals surface area contributed by atoms with E-state index in [2.05, 4.69) is 12.2 Å². The number of rotatable bonds is 6. The molecule has 0 spiro atoms. The van der Waals surface area contributed by atoms with Gasteiger partial charge in [0.25, 0.3) is 0 Å². The molecule has 0 aliphatic heterocycles. The van der Waals surface area contributed by atoms with Crippen LogP contribution in [0, 0.1) is 5.82 Å². The van der Waals surface area contributed by atoms with E-state index in [4.69, 9.17) is 9.47 Å². The molecule has 0 fully saturated rings. The maximum absolute atomic E-state index is 13.0. The first-order valence-electron chi connectivity index (χ1n) is 6.92. The molecule has 1 atom stereocenters. The fourth-order valence-corrected chi connectivity index (χ4v) is 2.24. The zero-order chi connectivity index (χ0) is 15.2. The average Bonchev–Trinajstić information content (AvgIpc) is 2.53. The molecule has 21 heavy (non-hydrogen) atoms. The molecular formula is C17H20FNO2. The Labute approximate surface area is 124 Å². The highest BCUT2D eigenvalue weighted by molar-refractivity contribution is 5.55. The topological polar surface area (TPSA) is 30.5 Å². The lowest BCUT2D eigenvalue weighted by Crippen LogP contribution is -2.09. The van der Waals surface area contributed by atoms with Crippen molar-refractivity contribution in [2.75, 3.05) is 19.5 Å². The molecule has 0 heterocycles. The molecule has 2 aromatic rings. The van der Waals surface area contributed by atoms with E-state index in [1.807, 2.05) is 18.2 Å². The van der Waals surface area contributed by atoms with Crippen LogP contribution in [0.15, 0.2) is 42.5 Å². The molecule has 1 unspecified atom stereocenters. The summed E-state index contributed by atoms with van der Waals surface area (Å²) in [6.45, 7) is 2.09. The summed E-state index contributed by atoms with van der Waals surface area (Å²) < 4.78 is 23.5. The van der Waals surface area contributed by atoms with Crippen LogP contribution in [0.1, 0.15) is 24.9 Å². The number of methoxy groups -OCH3 is 2. The van der Waals surface area contributed by atoms with Crippen LogP contribution in [0.2, 0.25) is 0 Å². The van der Waals surface area contributed by atoms with Crippen molar-refractivity contribution in [1.29, 1.82) is 0 Å². The minimum absolute atomic E-state index is 0.115. The van der Waals surface area contributed by atoms with Gasteiger partial charge in [-0.3, -0.25) is 0 Å². The summed E-state index contributed by atoms with van der Waals surface area (Å²) in [6, 6.07) is 12.4. The molecule has 0 radical (unpaired) electrons. The molecule has 2 rings (SSSR count). The Bertz CT molecular complexity index is 584. The minimum Gasteiger partial charge on any atom is -0.493 e. The smallest absolute Gasteiger partial charge is 0.162 e. The van der Waals surface area contributed by atoms with Gasteiger partial charge in [0.2, 0.25) is 0 Å². The van der Waals surface area contributed by atoms with Gasteiger partial charge in [0.15, 0.2) is 11.5 Å². The lowest BCUT2D eigenvalue weighted by Gasteiger charge is -2.20. The van der Waals surface area contributed by atoms with Gasteiger partial charge in [-0.1, -0.05) is 19.1 Å². The summed E-state index contributed by atoms with van der Waals surface area (Å²) in [5.41, 5.74) is 1.98. The number of anilines is 1. The lowest BCUT2D eigenvalue weighted by molar-refractivity contribution is 0.355. The Kier molecular flexibility index (Phi) is 5.04. The zero-order valence-electron chi connectivity index (χ0n) is 12.5. The Hall–Kier alpha value is -2.23. The SMILES string of the molecule is CCC(Nc1ccc(OC)c(OC)c1)c1ccc(F)cc1. The first kappa shape index (κ1) is 15.2. The van der Waals surface area contributed by atoms with Crippen molar-refractivity contribution in [1.82, 2.24) is 0 Å². The maximum Gasteiger partial charge on any atom is 0.162 e. The predicted octanol–water partition coefficient (Wildman–Crippen LogP) is 4.41. The van der Waals surface area contributed by atoms with Gasteiger partial charge in [0.1, 0.15) is 5.82 Å². The van der Waals surface area contributed by atoms with Crippen LogP contribution < -0.4 is 14.8 Å². The standard InChI is InChI=1S/C17H20FNO2/c1-4-15(12-5-7-13(18)8-6-12)19-14-9-10-16(20-2)17(11-14)21-3/h5-11,15,19H,4H2,1-3H3. The number of halogens is 1. The zero-order valence-corrected chi connectivity index (χ0v) is 12.5. The Morgan fingerprint density at radius 3 is 2.24 bits per heavy atom. The first-order chi connectivity index (χ1) is 10.2. The van der Waals surface area contributed by atoms with E-state index in [0.717, 1.165) is 17.7 Å². The minimum atomic E-state index is -0.222. The van der Waals surface area contributed by atoms with E-state index in [9.17, 15) is 4.39 Å². The molecule has 0 saturated heterocycles. The average molecular weight is 289 g/mol. The third kappa shape index (κ3) is 3.66. The number of benzene rings is 2. The molecule has 112 valence electrons. The van der Waals surface area contributed by atoms with E-state index in [0.29, 0.717) is 11.5 Å². The summed E-state index contributed by atoms with van der Waals surface area (Å²) in [6.07, 6.45) is 0.889. The van der Waals surface area contributed by atoms with Crippen molar-refractivity contribution in [3.63, 3.8) is 0 Å². The second-order valence-electron chi connectivity index (χ2n) is 4.73. The summed E-state index contributed by atoms with van der Waals surface area (Å²) in [5, 5.41) is 3.43. The summed E-state index contributed by atoms with van der Waals surface area (Å²) in [4.78, 5) is 0. The van der Waals surface area contributed by atoms with Gasteiger partial charge in [-0.15, -0.1) is 0 Å². The summed E-state index contributed by atoms with van der Waals surface area (Å²) in [5.74, 6) is 1.15. The number of nitrogens with one attached hydrogen (secondary N) is 1. The molecule has 3 nitrogen and oxygen atoms in total. The van der Waals surface area contributed by atoms with Crippen molar-refractivity contribution in [3.05, 3.63) is 53.8 Å². The van der Waals surface area contributed by atoms with Crippen molar-refractivity contribution < 1.29 is 13.9 Å². The normalized spacial score (nSPS) is 11.8. The van der Waals surface area contributed by atoms with Crippen molar-refractivity contribution in [2.24, 2.45) is 0 Å². The van der Waals surface area contributed by atoms with E-state index in [1.165, 1.54) is 12.1 Å². The van der Waals surface area contributed by atoms with Gasteiger partial charge in [0, 0.05) is 11.8 Å². The Balaban J connectivity index is 2.20. The second-order valence-corrected chi connectivity index (χ2v) is 4.73. The van der Waals surface area contributed by atoms with Crippen LogP contribution >= 0.6 is 0 Å². The Morgan fingerprint density at radius 1 is 1.00 bits per heavy atom. The number of hydrogen-bond donors (Lipinski definition) is 1. The monoisotopic (exact) mass is 289 g/mol. The molecule has 0 bridgehead atoms. The van der Waals surface area contributed by atoms with Crippen LogP contribution in [0.5, 0.6) is 11.5 Å². The van der Waals surface area contributed by atoms with Gasteiger partial charge in [0.05, 0.1) is 20.3 Å². The van der Waals surface area contributed by atoms with Gasteiger partial charge < -0.3 is 14.8 Å². The molecule has 0 aromatic heterocycles. The highest BCUT2D eigenvalue weighted by atomic mass is 19.1.